The molecule has 1 fully saturated rings. The number of nitrogens with zero attached hydrogens (tertiary/aromatic N) is 3. The van der Waals surface area contributed by atoms with E-state index in [1.807, 2.05) is 55.5 Å². The van der Waals surface area contributed by atoms with E-state index < -0.39 is 10.0 Å². The summed E-state index contributed by atoms with van der Waals surface area (Å²) in [6.45, 7) is 5.82. The first kappa shape index (κ1) is 24.9. The van der Waals surface area contributed by atoms with Gasteiger partial charge in [-0.05, 0) is 55.4 Å². The second-order valence-electron chi connectivity index (χ2n) is 8.91. The Labute approximate surface area is 208 Å². The molecule has 35 heavy (non-hydrogen) atoms. The van der Waals surface area contributed by atoms with Crippen LogP contribution in [-0.2, 0) is 21.4 Å². The van der Waals surface area contributed by atoms with Crippen molar-refractivity contribution in [2.75, 3.05) is 50.0 Å². The van der Waals surface area contributed by atoms with Gasteiger partial charge in [-0.15, -0.1) is 0 Å². The highest BCUT2D eigenvalue weighted by atomic mass is 32.2. The fraction of sp³-hybridized carbons (Fsp3) is 0.296. The maximum absolute atomic E-state index is 13.4. The fourth-order valence-electron chi connectivity index (χ4n) is 4.25. The Morgan fingerprint density at radius 2 is 1.54 bits per heavy atom. The van der Waals surface area contributed by atoms with Crippen LogP contribution in [-0.4, -0.2) is 63.3 Å². The number of likely N-dealkylation sites (N-methyl/N-ethyl adjacent to an activating group) is 1. The smallest absolute Gasteiger partial charge is 0.243 e. The number of piperazine rings is 1. The second kappa shape index (κ2) is 11.0. The quantitative estimate of drug-likeness (QED) is 0.521. The Hall–Kier alpha value is -3.20. The molecule has 1 heterocycles. The first-order valence-corrected chi connectivity index (χ1v) is 13.2. The Morgan fingerprint density at radius 1 is 0.914 bits per heavy atom. The summed E-state index contributed by atoms with van der Waals surface area (Å²) in [7, 11) is -1.73. The van der Waals surface area contributed by atoms with E-state index in [1.54, 1.807) is 30.3 Å². The lowest BCUT2D eigenvalue weighted by atomic mass is 10.1. The van der Waals surface area contributed by atoms with Gasteiger partial charge >= 0.3 is 0 Å². The molecule has 1 N–H and O–H groups in total. The SMILES string of the molecule is Cc1cc(NC(=O)CN(Cc2ccccc2)S(=O)(=O)c2ccccc2)ccc1N1CCN(C)CC1. The number of carbonyl (C=O) groups excluding carboxylic acids is 1. The molecule has 1 aliphatic rings. The van der Waals surface area contributed by atoms with Crippen molar-refractivity contribution in [3.05, 3.63) is 90.0 Å². The average Bonchev–Trinajstić information content (AvgIpc) is 2.85. The third kappa shape index (κ3) is 6.28. The van der Waals surface area contributed by atoms with Gasteiger partial charge in [0.05, 0.1) is 11.4 Å². The van der Waals surface area contributed by atoms with Gasteiger partial charge in [-0.2, -0.15) is 4.31 Å². The average molecular weight is 493 g/mol. The second-order valence-corrected chi connectivity index (χ2v) is 10.8. The van der Waals surface area contributed by atoms with E-state index in [0.717, 1.165) is 43.0 Å². The van der Waals surface area contributed by atoms with E-state index >= 15 is 0 Å². The Kier molecular flexibility index (Phi) is 7.85. The zero-order chi connectivity index (χ0) is 24.8. The normalized spacial score (nSPS) is 14.8. The van der Waals surface area contributed by atoms with Crippen LogP contribution in [0.2, 0.25) is 0 Å². The Morgan fingerprint density at radius 3 is 2.17 bits per heavy atom. The monoisotopic (exact) mass is 492 g/mol. The number of benzene rings is 3. The summed E-state index contributed by atoms with van der Waals surface area (Å²) < 4.78 is 27.9. The minimum atomic E-state index is -3.86. The highest BCUT2D eigenvalue weighted by Gasteiger charge is 2.27. The van der Waals surface area contributed by atoms with Crippen LogP contribution >= 0.6 is 0 Å². The maximum atomic E-state index is 13.4. The topological polar surface area (TPSA) is 73.0 Å². The van der Waals surface area contributed by atoms with Gasteiger partial charge in [0.15, 0.2) is 0 Å². The van der Waals surface area contributed by atoms with Gasteiger partial charge < -0.3 is 15.1 Å². The number of rotatable bonds is 8. The molecule has 0 aromatic heterocycles. The van der Waals surface area contributed by atoms with Crippen molar-refractivity contribution in [3.8, 4) is 0 Å². The summed E-state index contributed by atoms with van der Waals surface area (Å²) >= 11 is 0. The Balaban J connectivity index is 1.49. The summed E-state index contributed by atoms with van der Waals surface area (Å²) in [4.78, 5) is 17.8. The lowest BCUT2D eigenvalue weighted by molar-refractivity contribution is -0.116. The molecule has 1 amide bonds. The molecule has 0 spiro atoms. The van der Waals surface area contributed by atoms with Crippen molar-refractivity contribution in [2.24, 2.45) is 0 Å². The number of sulfonamides is 1. The van der Waals surface area contributed by atoms with Gasteiger partial charge in [0.2, 0.25) is 15.9 Å². The fourth-order valence-corrected chi connectivity index (χ4v) is 5.66. The first-order chi connectivity index (χ1) is 16.8. The highest BCUT2D eigenvalue weighted by molar-refractivity contribution is 7.89. The highest BCUT2D eigenvalue weighted by Crippen LogP contribution is 2.25. The zero-order valence-corrected chi connectivity index (χ0v) is 21.0. The van der Waals surface area contributed by atoms with Crippen molar-refractivity contribution >= 4 is 27.3 Å². The molecule has 0 bridgehead atoms. The lowest BCUT2D eigenvalue weighted by Gasteiger charge is -2.35. The van der Waals surface area contributed by atoms with E-state index in [0.29, 0.717) is 5.69 Å². The number of nitrogens with one attached hydrogen (secondary N) is 1. The van der Waals surface area contributed by atoms with Crippen LogP contribution in [0.3, 0.4) is 0 Å². The molecule has 3 aromatic rings. The lowest BCUT2D eigenvalue weighted by Crippen LogP contribution is -2.44. The van der Waals surface area contributed by atoms with Gasteiger partial charge in [-0.3, -0.25) is 4.79 Å². The molecule has 4 rings (SSSR count). The summed E-state index contributed by atoms with van der Waals surface area (Å²) in [5.74, 6) is -0.382. The molecule has 8 heteroatoms. The van der Waals surface area contributed by atoms with Gasteiger partial charge in [-0.25, -0.2) is 8.42 Å². The first-order valence-electron chi connectivity index (χ1n) is 11.8. The van der Waals surface area contributed by atoms with E-state index in [4.69, 9.17) is 0 Å². The van der Waals surface area contributed by atoms with E-state index in [1.165, 1.54) is 4.31 Å². The van der Waals surface area contributed by atoms with Crippen LogP contribution in [0, 0.1) is 6.92 Å². The number of anilines is 2. The number of hydrogen-bond acceptors (Lipinski definition) is 5. The molecule has 0 atom stereocenters. The summed E-state index contributed by atoms with van der Waals surface area (Å²) in [5.41, 5.74) is 3.70. The van der Waals surface area contributed by atoms with Gasteiger partial charge in [-0.1, -0.05) is 48.5 Å². The van der Waals surface area contributed by atoms with Crippen molar-refractivity contribution < 1.29 is 13.2 Å². The van der Waals surface area contributed by atoms with Crippen LogP contribution in [0.25, 0.3) is 0 Å². The third-order valence-corrected chi connectivity index (χ3v) is 8.03. The van der Waals surface area contributed by atoms with Crippen LogP contribution < -0.4 is 10.2 Å². The maximum Gasteiger partial charge on any atom is 0.243 e. The van der Waals surface area contributed by atoms with E-state index in [-0.39, 0.29) is 23.9 Å². The van der Waals surface area contributed by atoms with Gasteiger partial charge in [0, 0.05) is 44.1 Å². The van der Waals surface area contributed by atoms with Crippen molar-refractivity contribution in [3.63, 3.8) is 0 Å². The molecule has 7 nitrogen and oxygen atoms in total. The molecule has 0 aliphatic carbocycles. The molecule has 0 saturated carbocycles. The predicted molar refractivity (Wildman–Crippen MR) is 140 cm³/mol. The van der Waals surface area contributed by atoms with Gasteiger partial charge in [0.1, 0.15) is 0 Å². The van der Waals surface area contributed by atoms with Crippen molar-refractivity contribution in [1.29, 1.82) is 0 Å². The predicted octanol–water partition coefficient (Wildman–Crippen LogP) is 3.58. The van der Waals surface area contributed by atoms with Gasteiger partial charge in [0.25, 0.3) is 0 Å². The number of carbonyl (C=O) groups is 1. The van der Waals surface area contributed by atoms with Crippen LogP contribution in [0.15, 0.2) is 83.8 Å². The molecular formula is C27H32N4O3S. The zero-order valence-electron chi connectivity index (χ0n) is 20.2. The summed E-state index contributed by atoms with van der Waals surface area (Å²) in [6, 6.07) is 23.4. The van der Waals surface area contributed by atoms with E-state index in [2.05, 4.69) is 22.2 Å². The van der Waals surface area contributed by atoms with Crippen LogP contribution in [0.4, 0.5) is 11.4 Å². The van der Waals surface area contributed by atoms with Crippen molar-refractivity contribution in [2.45, 2.75) is 18.4 Å². The van der Waals surface area contributed by atoms with Crippen molar-refractivity contribution in [1.82, 2.24) is 9.21 Å². The largest absolute Gasteiger partial charge is 0.369 e. The summed E-state index contributed by atoms with van der Waals surface area (Å²) in [6.07, 6.45) is 0. The Bertz CT molecular complexity index is 1240. The molecule has 0 radical (unpaired) electrons. The van der Waals surface area contributed by atoms with Crippen LogP contribution in [0.5, 0.6) is 0 Å². The number of amides is 1. The third-order valence-electron chi connectivity index (χ3n) is 6.23. The molecular weight excluding hydrogens is 460 g/mol. The standard InChI is InChI=1S/C27H32N4O3S/c1-22-19-24(13-14-26(22)30-17-15-29(2)16-18-30)28-27(32)21-31(20-23-9-5-3-6-10-23)35(33,34)25-11-7-4-8-12-25/h3-14,19H,15-18,20-21H2,1-2H3,(H,28,32). The molecule has 1 saturated heterocycles. The molecule has 1 aliphatic heterocycles. The molecule has 3 aromatic carbocycles. The minimum Gasteiger partial charge on any atom is -0.369 e. The molecule has 184 valence electrons. The van der Waals surface area contributed by atoms with Crippen LogP contribution in [0.1, 0.15) is 11.1 Å². The number of aryl methyl sites for hydroxylation is 1. The summed E-state index contributed by atoms with van der Waals surface area (Å²) in [5, 5.41) is 2.89. The molecule has 0 unspecified atom stereocenters. The number of hydrogen-bond donors (Lipinski definition) is 1. The van der Waals surface area contributed by atoms with E-state index in [9.17, 15) is 13.2 Å². The minimum absolute atomic E-state index is 0.104.